The van der Waals surface area contributed by atoms with E-state index >= 15 is 0 Å². The SMILES string of the molecule is Cc1ccc(-c2ccc3c(c2)CC=C[C@]3(C=O)NC(=O)O)cc1. The lowest BCUT2D eigenvalue weighted by Gasteiger charge is -2.30. The Bertz CT molecular complexity index is 793. The van der Waals surface area contributed by atoms with Crippen LogP contribution in [0.4, 0.5) is 4.79 Å². The first kappa shape index (κ1) is 15.0. The van der Waals surface area contributed by atoms with Crippen LogP contribution in [-0.4, -0.2) is 17.5 Å². The van der Waals surface area contributed by atoms with Gasteiger partial charge in [-0.25, -0.2) is 4.79 Å². The quantitative estimate of drug-likeness (QED) is 0.674. The number of carbonyl (C=O) groups excluding carboxylic acids is 1. The van der Waals surface area contributed by atoms with Crippen LogP contribution in [0.15, 0.2) is 54.6 Å². The van der Waals surface area contributed by atoms with Crippen LogP contribution in [0.5, 0.6) is 0 Å². The monoisotopic (exact) mass is 307 g/mol. The molecular weight excluding hydrogens is 290 g/mol. The topological polar surface area (TPSA) is 66.4 Å². The van der Waals surface area contributed by atoms with Gasteiger partial charge in [-0.15, -0.1) is 0 Å². The van der Waals surface area contributed by atoms with Gasteiger partial charge in [-0.2, -0.15) is 0 Å². The lowest BCUT2D eigenvalue weighted by molar-refractivity contribution is -0.112. The average molecular weight is 307 g/mol. The maximum atomic E-state index is 11.6. The molecule has 23 heavy (non-hydrogen) atoms. The zero-order valence-corrected chi connectivity index (χ0v) is 12.7. The number of nitrogens with one attached hydrogen (secondary N) is 1. The van der Waals surface area contributed by atoms with Gasteiger partial charge in [-0.3, -0.25) is 4.79 Å². The number of amides is 1. The summed E-state index contributed by atoms with van der Waals surface area (Å²) in [5.41, 5.74) is 3.68. The van der Waals surface area contributed by atoms with Crippen LogP contribution in [0.2, 0.25) is 0 Å². The van der Waals surface area contributed by atoms with Crippen LogP contribution in [-0.2, 0) is 16.8 Å². The third kappa shape index (κ3) is 2.75. The van der Waals surface area contributed by atoms with E-state index in [-0.39, 0.29) is 0 Å². The van der Waals surface area contributed by atoms with E-state index in [1.54, 1.807) is 6.08 Å². The zero-order valence-electron chi connectivity index (χ0n) is 12.7. The number of hydrogen-bond donors (Lipinski definition) is 2. The van der Waals surface area contributed by atoms with Crippen molar-refractivity contribution in [3.05, 3.63) is 71.3 Å². The van der Waals surface area contributed by atoms with Crippen molar-refractivity contribution in [1.82, 2.24) is 5.32 Å². The molecule has 4 heteroatoms. The second-order valence-corrected chi connectivity index (χ2v) is 5.76. The van der Waals surface area contributed by atoms with Crippen molar-refractivity contribution in [2.75, 3.05) is 0 Å². The largest absolute Gasteiger partial charge is 0.465 e. The van der Waals surface area contributed by atoms with E-state index in [4.69, 9.17) is 5.11 Å². The van der Waals surface area contributed by atoms with Crippen LogP contribution in [0.25, 0.3) is 11.1 Å². The van der Waals surface area contributed by atoms with Gasteiger partial charge in [0.1, 0.15) is 5.54 Å². The number of carboxylic acid groups (broad SMARTS) is 1. The summed E-state index contributed by atoms with van der Waals surface area (Å²) in [6.45, 7) is 2.04. The molecule has 0 radical (unpaired) electrons. The van der Waals surface area contributed by atoms with Crippen molar-refractivity contribution in [3.63, 3.8) is 0 Å². The van der Waals surface area contributed by atoms with Crippen LogP contribution in [0.3, 0.4) is 0 Å². The van der Waals surface area contributed by atoms with E-state index in [1.807, 2.05) is 31.2 Å². The molecule has 1 atom stereocenters. The molecule has 116 valence electrons. The summed E-state index contributed by atoms with van der Waals surface area (Å²) in [5.74, 6) is 0. The number of allylic oxidation sites excluding steroid dienone is 1. The predicted octanol–water partition coefficient (Wildman–Crippen LogP) is 3.44. The fraction of sp³-hybridized carbons (Fsp3) is 0.158. The van der Waals surface area contributed by atoms with Crippen molar-refractivity contribution in [2.45, 2.75) is 18.9 Å². The Labute approximate surface area is 134 Å². The second kappa shape index (κ2) is 5.72. The minimum atomic E-state index is -1.30. The lowest BCUT2D eigenvalue weighted by atomic mass is 9.81. The van der Waals surface area contributed by atoms with Gasteiger partial charge in [0.05, 0.1) is 0 Å². The first-order valence-corrected chi connectivity index (χ1v) is 7.40. The standard InChI is InChI=1S/C19H17NO3/c1-13-4-6-14(7-5-13)15-8-9-17-16(11-15)3-2-10-19(17,12-21)20-18(22)23/h2,4-12,20H,3H2,1H3,(H,22,23)/t19-/m1/s1. The van der Waals surface area contributed by atoms with Crippen molar-refractivity contribution < 1.29 is 14.7 Å². The van der Waals surface area contributed by atoms with Crippen LogP contribution in [0, 0.1) is 6.92 Å². The van der Waals surface area contributed by atoms with Gasteiger partial charge in [-0.05, 0) is 35.6 Å². The minimum absolute atomic E-state index is 0.640. The molecule has 0 unspecified atom stereocenters. The summed E-state index contributed by atoms with van der Waals surface area (Å²) in [4.78, 5) is 22.7. The van der Waals surface area contributed by atoms with Crippen molar-refractivity contribution in [2.24, 2.45) is 0 Å². The molecule has 0 bridgehead atoms. The van der Waals surface area contributed by atoms with Crippen molar-refractivity contribution in [3.8, 4) is 11.1 Å². The second-order valence-electron chi connectivity index (χ2n) is 5.76. The minimum Gasteiger partial charge on any atom is -0.465 e. The number of aldehydes is 1. The third-order valence-electron chi connectivity index (χ3n) is 4.15. The van der Waals surface area contributed by atoms with Crippen LogP contribution >= 0.6 is 0 Å². The van der Waals surface area contributed by atoms with Gasteiger partial charge >= 0.3 is 6.09 Å². The molecule has 0 spiro atoms. The Balaban J connectivity index is 2.06. The van der Waals surface area contributed by atoms with E-state index in [9.17, 15) is 9.59 Å². The summed E-state index contributed by atoms with van der Waals surface area (Å²) in [5, 5.41) is 11.4. The van der Waals surface area contributed by atoms with Gasteiger partial charge in [0.2, 0.25) is 0 Å². The Morgan fingerprint density at radius 2 is 1.87 bits per heavy atom. The highest BCUT2D eigenvalue weighted by atomic mass is 16.4. The predicted molar refractivity (Wildman–Crippen MR) is 88.4 cm³/mol. The highest BCUT2D eigenvalue weighted by molar-refractivity contribution is 5.81. The number of aryl methyl sites for hydroxylation is 1. The van der Waals surface area contributed by atoms with Crippen molar-refractivity contribution in [1.29, 1.82) is 0 Å². The molecule has 0 fully saturated rings. The molecule has 2 N–H and O–H groups in total. The number of hydrogen-bond acceptors (Lipinski definition) is 2. The lowest BCUT2D eigenvalue weighted by Crippen LogP contribution is -2.46. The number of carbonyl (C=O) groups is 2. The molecule has 0 saturated carbocycles. The molecule has 1 amide bonds. The molecule has 1 aliphatic carbocycles. The van der Waals surface area contributed by atoms with E-state index in [0.717, 1.165) is 16.7 Å². The molecule has 2 aromatic carbocycles. The molecule has 2 aromatic rings. The Morgan fingerprint density at radius 3 is 2.52 bits per heavy atom. The Kier molecular flexibility index (Phi) is 3.74. The van der Waals surface area contributed by atoms with Gasteiger partial charge in [-0.1, -0.05) is 60.2 Å². The summed E-state index contributed by atoms with van der Waals surface area (Å²) in [6, 6.07) is 14.0. The molecule has 4 nitrogen and oxygen atoms in total. The van der Waals surface area contributed by atoms with E-state index in [2.05, 4.69) is 29.6 Å². The van der Waals surface area contributed by atoms with Crippen LogP contribution < -0.4 is 5.32 Å². The maximum Gasteiger partial charge on any atom is 0.405 e. The van der Waals surface area contributed by atoms with Crippen LogP contribution in [0.1, 0.15) is 16.7 Å². The number of benzene rings is 2. The van der Waals surface area contributed by atoms with Gasteiger partial charge in [0, 0.05) is 0 Å². The summed E-state index contributed by atoms with van der Waals surface area (Å²) in [6.07, 6.45) is 3.53. The first-order chi connectivity index (χ1) is 11.0. The molecule has 0 aliphatic heterocycles. The summed E-state index contributed by atoms with van der Waals surface area (Å²) in [7, 11) is 0. The zero-order chi connectivity index (χ0) is 16.4. The highest BCUT2D eigenvalue weighted by Crippen LogP contribution is 2.33. The fourth-order valence-electron chi connectivity index (χ4n) is 2.97. The smallest absolute Gasteiger partial charge is 0.405 e. The van der Waals surface area contributed by atoms with Gasteiger partial charge < -0.3 is 10.4 Å². The molecule has 3 rings (SSSR count). The molecule has 1 aliphatic rings. The Hall–Kier alpha value is -2.88. The summed E-state index contributed by atoms with van der Waals surface area (Å²) >= 11 is 0. The molecule has 0 saturated heterocycles. The van der Waals surface area contributed by atoms with Crippen molar-refractivity contribution >= 4 is 12.4 Å². The summed E-state index contributed by atoms with van der Waals surface area (Å²) < 4.78 is 0. The van der Waals surface area contributed by atoms with E-state index in [0.29, 0.717) is 18.3 Å². The Morgan fingerprint density at radius 1 is 1.17 bits per heavy atom. The number of fused-ring (bicyclic) bond motifs is 1. The maximum absolute atomic E-state index is 11.6. The molecule has 0 heterocycles. The third-order valence-corrected chi connectivity index (χ3v) is 4.15. The first-order valence-electron chi connectivity index (χ1n) is 7.40. The average Bonchev–Trinajstić information content (AvgIpc) is 2.54. The molecule has 0 aromatic heterocycles. The van der Waals surface area contributed by atoms with Gasteiger partial charge in [0.15, 0.2) is 6.29 Å². The normalized spacial score (nSPS) is 19.0. The fourth-order valence-corrected chi connectivity index (χ4v) is 2.97. The van der Waals surface area contributed by atoms with E-state index < -0.39 is 11.6 Å². The highest BCUT2D eigenvalue weighted by Gasteiger charge is 2.35. The van der Waals surface area contributed by atoms with Gasteiger partial charge in [0.25, 0.3) is 0 Å². The van der Waals surface area contributed by atoms with E-state index in [1.165, 1.54) is 5.56 Å². The molecular formula is C19H17NO3. The number of rotatable bonds is 3.